The van der Waals surface area contributed by atoms with E-state index in [-0.39, 0.29) is 6.03 Å². The van der Waals surface area contributed by atoms with Gasteiger partial charge in [-0.3, -0.25) is 4.90 Å². The van der Waals surface area contributed by atoms with E-state index in [1.165, 1.54) is 22.7 Å². The zero-order valence-corrected chi connectivity index (χ0v) is 20.5. The molecule has 1 aliphatic rings. The minimum Gasteiger partial charge on any atom is -0.344 e. The number of aromatic nitrogens is 2. The van der Waals surface area contributed by atoms with Gasteiger partial charge in [0.25, 0.3) is 0 Å². The molecule has 174 valence electrons. The van der Waals surface area contributed by atoms with Gasteiger partial charge in [-0.25, -0.2) is 9.78 Å². The summed E-state index contributed by atoms with van der Waals surface area (Å²) in [4.78, 5) is 21.6. The average Bonchev–Trinajstić information content (AvgIpc) is 3.27. The molecule has 2 N–H and O–H groups in total. The van der Waals surface area contributed by atoms with Crippen molar-refractivity contribution in [1.82, 2.24) is 19.6 Å². The number of nitrogens with zero attached hydrogens (tertiary/aromatic N) is 4. The van der Waals surface area contributed by atoms with Gasteiger partial charge in [-0.05, 0) is 54.8 Å². The van der Waals surface area contributed by atoms with E-state index in [9.17, 15) is 4.79 Å². The summed E-state index contributed by atoms with van der Waals surface area (Å²) in [6.07, 6.45) is 0.712. The van der Waals surface area contributed by atoms with Crippen LogP contribution in [0, 0.1) is 13.8 Å². The van der Waals surface area contributed by atoms with E-state index in [1.807, 2.05) is 49.4 Å². The molecule has 1 saturated heterocycles. The molecule has 0 saturated carbocycles. The predicted molar refractivity (Wildman–Crippen MR) is 136 cm³/mol. The number of piperazine rings is 1. The fraction of sp³-hybridized carbons (Fsp3) is 0.375. The molecular weight excluding hydrogens is 456 g/mol. The number of hydrogen-bond donors (Lipinski definition) is 2. The van der Waals surface area contributed by atoms with Crippen molar-refractivity contribution in [3.05, 3.63) is 70.0 Å². The first-order valence-electron chi connectivity index (χ1n) is 11.1. The van der Waals surface area contributed by atoms with Gasteiger partial charge in [0.1, 0.15) is 5.82 Å². The lowest BCUT2D eigenvalue weighted by atomic mass is 10.1. The number of aryl methyl sites for hydroxylation is 2. The summed E-state index contributed by atoms with van der Waals surface area (Å²) in [5, 5.41) is 7.57. The summed E-state index contributed by atoms with van der Waals surface area (Å²) in [5.41, 5.74) is 4.35. The number of hydrogen-bond acceptors (Lipinski definition) is 6. The van der Waals surface area contributed by atoms with Crippen molar-refractivity contribution in [2.45, 2.75) is 20.3 Å². The molecule has 1 fully saturated rings. The number of carbonyl (C=O) groups is 1. The van der Waals surface area contributed by atoms with E-state index in [4.69, 9.17) is 16.6 Å². The van der Waals surface area contributed by atoms with E-state index in [1.54, 1.807) is 0 Å². The van der Waals surface area contributed by atoms with E-state index in [2.05, 4.69) is 31.7 Å². The van der Waals surface area contributed by atoms with E-state index >= 15 is 0 Å². The highest BCUT2D eigenvalue weighted by Gasteiger charge is 2.20. The molecule has 4 rings (SSSR count). The summed E-state index contributed by atoms with van der Waals surface area (Å²) in [5.74, 6) is 0.846. The normalized spacial score (nSPS) is 14.3. The highest BCUT2D eigenvalue weighted by molar-refractivity contribution is 7.09. The monoisotopic (exact) mass is 484 g/mol. The average molecular weight is 485 g/mol. The Morgan fingerprint density at radius 1 is 1.06 bits per heavy atom. The molecule has 2 aromatic carbocycles. The summed E-state index contributed by atoms with van der Waals surface area (Å²) in [6, 6.07) is 13.6. The van der Waals surface area contributed by atoms with Crippen LogP contribution in [0.3, 0.4) is 0 Å². The molecule has 7 nitrogen and oxygen atoms in total. The minimum atomic E-state index is -0.168. The highest BCUT2D eigenvalue weighted by atomic mass is 35.5. The van der Waals surface area contributed by atoms with Gasteiger partial charge in [0, 0.05) is 67.9 Å². The number of rotatable bonds is 7. The number of carbonyl (C=O) groups excluding carboxylic acids is 1. The fourth-order valence-electron chi connectivity index (χ4n) is 3.71. The third-order valence-corrected chi connectivity index (χ3v) is 6.92. The molecule has 2 heterocycles. The Kier molecular flexibility index (Phi) is 7.80. The molecule has 1 aromatic heterocycles. The van der Waals surface area contributed by atoms with Crippen LogP contribution in [0.15, 0.2) is 42.5 Å². The lowest BCUT2D eigenvalue weighted by molar-refractivity contribution is 0.240. The van der Waals surface area contributed by atoms with Crippen LogP contribution in [0.1, 0.15) is 22.5 Å². The van der Waals surface area contributed by atoms with Crippen LogP contribution >= 0.6 is 23.1 Å². The number of benzene rings is 2. The van der Waals surface area contributed by atoms with Crippen LogP contribution in [-0.4, -0.2) is 59.6 Å². The number of anilines is 2. The minimum absolute atomic E-state index is 0.168. The first-order valence-corrected chi connectivity index (χ1v) is 12.3. The number of urea groups is 1. The Hall–Kier alpha value is -2.68. The van der Waals surface area contributed by atoms with Crippen molar-refractivity contribution < 1.29 is 4.79 Å². The van der Waals surface area contributed by atoms with Gasteiger partial charge < -0.3 is 15.5 Å². The maximum absolute atomic E-state index is 12.2. The van der Waals surface area contributed by atoms with E-state index in [0.717, 1.165) is 60.0 Å². The summed E-state index contributed by atoms with van der Waals surface area (Å²) in [6.45, 7) is 9.23. The second-order valence-corrected chi connectivity index (χ2v) is 9.47. The van der Waals surface area contributed by atoms with E-state index in [0.29, 0.717) is 13.0 Å². The van der Waals surface area contributed by atoms with Crippen molar-refractivity contribution in [3.8, 4) is 0 Å². The second-order valence-electron chi connectivity index (χ2n) is 8.31. The van der Waals surface area contributed by atoms with Gasteiger partial charge in [-0.15, -0.1) is 0 Å². The third-order valence-electron chi connectivity index (χ3n) is 5.85. The van der Waals surface area contributed by atoms with Crippen LogP contribution in [0.4, 0.5) is 15.6 Å². The Morgan fingerprint density at radius 3 is 2.55 bits per heavy atom. The Balaban J connectivity index is 1.17. The first-order chi connectivity index (χ1) is 16.0. The van der Waals surface area contributed by atoms with Crippen LogP contribution < -0.4 is 15.5 Å². The molecule has 3 aromatic rings. The molecule has 0 radical (unpaired) electrons. The molecule has 0 bridgehead atoms. The highest BCUT2D eigenvalue weighted by Crippen LogP contribution is 2.21. The van der Waals surface area contributed by atoms with Crippen molar-refractivity contribution in [3.63, 3.8) is 0 Å². The molecular formula is C24H29ClN6OS. The standard InChI is InChI=1S/C24H29ClN6OS/c1-17-3-8-21(15-18(17)2)27-23(32)26-9-10-30-11-13-31(14-12-30)24-28-22(29-33-24)16-19-4-6-20(25)7-5-19/h3-8,15H,9-14,16H2,1-2H3,(H2,26,27,32). The quantitative estimate of drug-likeness (QED) is 0.521. The number of halogens is 1. The molecule has 1 aliphatic heterocycles. The predicted octanol–water partition coefficient (Wildman–Crippen LogP) is 4.34. The summed E-state index contributed by atoms with van der Waals surface area (Å²) in [7, 11) is 0. The van der Waals surface area contributed by atoms with Gasteiger partial charge >= 0.3 is 6.03 Å². The summed E-state index contributed by atoms with van der Waals surface area (Å²) < 4.78 is 4.53. The zero-order chi connectivity index (χ0) is 23.2. The number of amides is 2. The van der Waals surface area contributed by atoms with Gasteiger partial charge in [-0.2, -0.15) is 4.37 Å². The van der Waals surface area contributed by atoms with Crippen molar-refractivity contribution in [2.75, 3.05) is 49.5 Å². The molecule has 2 amide bonds. The van der Waals surface area contributed by atoms with Crippen LogP contribution in [0.2, 0.25) is 5.02 Å². The Morgan fingerprint density at radius 2 is 1.82 bits per heavy atom. The zero-order valence-electron chi connectivity index (χ0n) is 19.0. The van der Waals surface area contributed by atoms with Crippen molar-refractivity contribution in [2.24, 2.45) is 0 Å². The lowest BCUT2D eigenvalue weighted by Gasteiger charge is -2.34. The number of nitrogens with one attached hydrogen (secondary N) is 2. The van der Waals surface area contributed by atoms with Gasteiger partial charge in [0.2, 0.25) is 5.13 Å². The summed E-state index contributed by atoms with van der Waals surface area (Å²) >= 11 is 7.42. The largest absolute Gasteiger partial charge is 0.344 e. The Bertz CT molecular complexity index is 1080. The van der Waals surface area contributed by atoms with Gasteiger partial charge in [0.05, 0.1) is 0 Å². The smallest absolute Gasteiger partial charge is 0.319 e. The van der Waals surface area contributed by atoms with Crippen molar-refractivity contribution >= 4 is 40.0 Å². The topological polar surface area (TPSA) is 73.4 Å². The van der Waals surface area contributed by atoms with Gasteiger partial charge in [0.15, 0.2) is 0 Å². The third kappa shape index (κ3) is 6.66. The van der Waals surface area contributed by atoms with Crippen LogP contribution in [0.25, 0.3) is 0 Å². The molecule has 0 spiro atoms. The molecule has 0 unspecified atom stereocenters. The maximum atomic E-state index is 12.2. The first kappa shape index (κ1) is 23.5. The Labute approximate surface area is 203 Å². The maximum Gasteiger partial charge on any atom is 0.319 e. The van der Waals surface area contributed by atoms with E-state index < -0.39 is 0 Å². The molecule has 33 heavy (non-hydrogen) atoms. The van der Waals surface area contributed by atoms with Crippen LogP contribution in [-0.2, 0) is 6.42 Å². The molecule has 0 aliphatic carbocycles. The van der Waals surface area contributed by atoms with Crippen LogP contribution in [0.5, 0.6) is 0 Å². The second kappa shape index (κ2) is 11.0. The van der Waals surface area contributed by atoms with Gasteiger partial charge in [-0.1, -0.05) is 29.8 Å². The fourth-order valence-corrected chi connectivity index (χ4v) is 4.58. The van der Waals surface area contributed by atoms with Crippen molar-refractivity contribution in [1.29, 1.82) is 0 Å². The molecule has 9 heteroatoms. The SMILES string of the molecule is Cc1ccc(NC(=O)NCCN2CCN(c3nc(Cc4ccc(Cl)cc4)ns3)CC2)cc1C. The lowest BCUT2D eigenvalue weighted by Crippen LogP contribution is -2.48. The molecule has 0 atom stereocenters.